The second-order valence-electron chi connectivity index (χ2n) is 8.73. The van der Waals surface area contributed by atoms with Crippen LogP contribution in [-0.4, -0.2) is 17.5 Å². The Bertz CT molecular complexity index is 871. The van der Waals surface area contributed by atoms with Gasteiger partial charge in [0.15, 0.2) is 0 Å². The van der Waals surface area contributed by atoms with E-state index in [-0.39, 0.29) is 17.9 Å². The fourth-order valence-corrected chi connectivity index (χ4v) is 6.39. The molecule has 4 atom stereocenters. The van der Waals surface area contributed by atoms with E-state index in [4.69, 9.17) is 9.47 Å². The van der Waals surface area contributed by atoms with E-state index in [0.29, 0.717) is 11.8 Å². The zero-order chi connectivity index (χ0) is 19.5. The van der Waals surface area contributed by atoms with Crippen molar-refractivity contribution < 1.29 is 19.1 Å². The second kappa shape index (κ2) is 6.47. The predicted molar refractivity (Wildman–Crippen MR) is 105 cm³/mol. The van der Waals surface area contributed by atoms with Crippen molar-refractivity contribution in [2.24, 2.45) is 17.8 Å². The number of rotatable bonds is 4. The van der Waals surface area contributed by atoms with Crippen LogP contribution in [0.1, 0.15) is 65.2 Å². The number of allylic oxidation sites excluding steroid dienone is 3. The molecule has 0 aromatic rings. The number of hydrogen-bond acceptors (Lipinski definition) is 4. The first kappa shape index (κ1) is 18.0. The number of cyclic esters (lactones) is 1. The zero-order valence-electron chi connectivity index (χ0n) is 16.8. The lowest BCUT2D eigenvalue weighted by Crippen LogP contribution is -2.65. The van der Waals surface area contributed by atoms with E-state index < -0.39 is 5.60 Å². The standard InChI is InChI=1S/C24H28O4/c1-3-5-11-19-16-13-12-14-17(8-4-2)24(21(14)20(16)23(26)27-19)18-10-7-6-9-15(18)22(25)28-24/h6,9,11,14,17,21H,3-5,7-8,10,12-13H2,1-2H3/t14?,17-,21?,24+/m0/s1. The van der Waals surface area contributed by atoms with Gasteiger partial charge in [-0.2, -0.15) is 0 Å². The Morgan fingerprint density at radius 1 is 1.18 bits per heavy atom. The van der Waals surface area contributed by atoms with Crippen molar-refractivity contribution in [2.45, 2.75) is 70.8 Å². The maximum Gasteiger partial charge on any atom is 0.340 e. The van der Waals surface area contributed by atoms with E-state index in [0.717, 1.165) is 79.4 Å². The third kappa shape index (κ3) is 2.18. The minimum absolute atomic E-state index is 0.0317. The number of carbonyl (C=O) groups excluding carboxylic acids is 2. The SMILES string of the molecule is CCCC=C1OC(=O)C2=C1CCC1C2[C@@]2(OC(=O)C3=C2CCC=C3)[C@H]1CCC. The van der Waals surface area contributed by atoms with E-state index in [2.05, 4.69) is 26.0 Å². The molecular weight excluding hydrogens is 352 g/mol. The molecule has 1 spiro atoms. The predicted octanol–water partition coefficient (Wildman–Crippen LogP) is 4.92. The van der Waals surface area contributed by atoms with Crippen LogP contribution in [0.5, 0.6) is 0 Å². The van der Waals surface area contributed by atoms with Crippen LogP contribution in [0.15, 0.2) is 46.3 Å². The molecule has 4 heteroatoms. The Labute approximate surface area is 166 Å². The fraction of sp³-hybridized carbons (Fsp3) is 0.583. The Kier molecular flexibility index (Phi) is 4.15. The lowest BCUT2D eigenvalue weighted by atomic mass is 9.44. The Morgan fingerprint density at radius 3 is 2.82 bits per heavy atom. The van der Waals surface area contributed by atoms with Gasteiger partial charge in [0.2, 0.25) is 0 Å². The van der Waals surface area contributed by atoms with Gasteiger partial charge in [0, 0.05) is 17.4 Å². The summed E-state index contributed by atoms with van der Waals surface area (Å²) in [4.78, 5) is 25.7. The first-order valence-corrected chi connectivity index (χ1v) is 10.9. The van der Waals surface area contributed by atoms with Crippen LogP contribution in [0.3, 0.4) is 0 Å². The molecule has 1 saturated carbocycles. The Morgan fingerprint density at radius 2 is 2.04 bits per heavy atom. The highest BCUT2D eigenvalue weighted by atomic mass is 16.6. The van der Waals surface area contributed by atoms with Crippen LogP contribution >= 0.6 is 0 Å². The van der Waals surface area contributed by atoms with E-state index in [1.807, 2.05) is 6.08 Å². The smallest absolute Gasteiger partial charge is 0.340 e. The first-order chi connectivity index (χ1) is 13.6. The summed E-state index contributed by atoms with van der Waals surface area (Å²) >= 11 is 0. The summed E-state index contributed by atoms with van der Waals surface area (Å²) in [6.07, 6.45) is 13.8. The topological polar surface area (TPSA) is 52.6 Å². The number of ether oxygens (including phenoxy) is 2. The molecule has 0 bridgehead atoms. The molecule has 0 amide bonds. The average molecular weight is 380 g/mol. The van der Waals surface area contributed by atoms with E-state index >= 15 is 0 Å². The molecule has 0 aromatic heterocycles. The third-order valence-corrected chi connectivity index (χ3v) is 7.38. The maximum absolute atomic E-state index is 12.9. The van der Waals surface area contributed by atoms with Crippen LogP contribution in [-0.2, 0) is 19.1 Å². The largest absolute Gasteiger partial charge is 0.450 e. The average Bonchev–Trinajstić information content (AvgIpc) is 3.19. The molecule has 4 nitrogen and oxygen atoms in total. The number of hydrogen-bond donors (Lipinski definition) is 0. The highest BCUT2D eigenvalue weighted by Gasteiger charge is 2.71. The molecule has 0 N–H and O–H groups in total. The Hall–Kier alpha value is -2.10. The van der Waals surface area contributed by atoms with Gasteiger partial charge in [-0.15, -0.1) is 0 Å². The number of fused-ring (bicyclic) bond motifs is 4. The van der Waals surface area contributed by atoms with Crippen molar-refractivity contribution in [1.29, 1.82) is 0 Å². The van der Waals surface area contributed by atoms with Gasteiger partial charge in [-0.3, -0.25) is 0 Å². The van der Waals surface area contributed by atoms with Crippen LogP contribution < -0.4 is 0 Å². The van der Waals surface area contributed by atoms with Crippen molar-refractivity contribution in [3.63, 3.8) is 0 Å². The van der Waals surface area contributed by atoms with Crippen molar-refractivity contribution in [1.82, 2.24) is 0 Å². The number of esters is 2. The van der Waals surface area contributed by atoms with Crippen molar-refractivity contribution >= 4 is 11.9 Å². The summed E-state index contributed by atoms with van der Waals surface area (Å²) in [6.45, 7) is 4.32. The van der Waals surface area contributed by atoms with Gasteiger partial charge in [-0.05, 0) is 56.1 Å². The van der Waals surface area contributed by atoms with Crippen LogP contribution in [0.2, 0.25) is 0 Å². The van der Waals surface area contributed by atoms with Crippen LogP contribution in [0.25, 0.3) is 0 Å². The highest BCUT2D eigenvalue weighted by molar-refractivity contribution is 5.99. The minimum Gasteiger partial charge on any atom is -0.450 e. The summed E-state index contributed by atoms with van der Waals surface area (Å²) in [5.41, 5.74) is 3.16. The number of carbonyl (C=O) groups is 2. The Balaban J connectivity index is 1.63. The minimum atomic E-state index is -0.613. The molecule has 148 valence electrons. The van der Waals surface area contributed by atoms with Crippen LogP contribution in [0.4, 0.5) is 0 Å². The fourth-order valence-electron chi connectivity index (χ4n) is 6.39. The molecule has 0 saturated heterocycles. The monoisotopic (exact) mass is 380 g/mol. The van der Waals surface area contributed by atoms with Gasteiger partial charge in [0.25, 0.3) is 0 Å². The van der Waals surface area contributed by atoms with Gasteiger partial charge >= 0.3 is 11.9 Å². The molecule has 5 aliphatic rings. The van der Waals surface area contributed by atoms with Crippen LogP contribution in [0, 0.1) is 17.8 Å². The first-order valence-electron chi connectivity index (χ1n) is 10.9. The van der Waals surface area contributed by atoms with E-state index in [1.165, 1.54) is 0 Å². The molecule has 0 radical (unpaired) electrons. The third-order valence-electron chi connectivity index (χ3n) is 7.38. The maximum atomic E-state index is 12.9. The summed E-state index contributed by atoms with van der Waals surface area (Å²) < 4.78 is 11.9. The van der Waals surface area contributed by atoms with Gasteiger partial charge < -0.3 is 9.47 Å². The molecule has 1 fully saturated rings. The summed E-state index contributed by atoms with van der Waals surface area (Å²) in [7, 11) is 0. The van der Waals surface area contributed by atoms with E-state index in [1.54, 1.807) is 0 Å². The molecule has 2 unspecified atom stereocenters. The molecule has 2 aliphatic heterocycles. The molecule has 2 heterocycles. The molecule has 3 aliphatic carbocycles. The summed E-state index contributed by atoms with van der Waals surface area (Å²) in [6, 6.07) is 0. The normalized spacial score (nSPS) is 37.1. The van der Waals surface area contributed by atoms with Crippen molar-refractivity contribution in [3.05, 3.63) is 46.3 Å². The number of unbranched alkanes of at least 4 members (excludes halogenated alkanes) is 1. The summed E-state index contributed by atoms with van der Waals surface area (Å²) in [5, 5.41) is 0. The molecule has 5 rings (SSSR count). The molecule has 0 aromatic carbocycles. The lowest BCUT2D eigenvalue weighted by Gasteiger charge is -2.61. The van der Waals surface area contributed by atoms with Gasteiger partial charge in [-0.25, -0.2) is 9.59 Å². The van der Waals surface area contributed by atoms with Gasteiger partial charge in [0.05, 0.1) is 11.1 Å². The highest BCUT2D eigenvalue weighted by Crippen LogP contribution is 2.68. The van der Waals surface area contributed by atoms with Crippen molar-refractivity contribution in [2.75, 3.05) is 0 Å². The quantitative estimate of drug-likeness (QED) is 0.650. The lowest BCUT2D eigenvalue weighted by molar-refractivity contribution is -0.197. The van der Waals surface area contributed by atoms with Gasteiger partial charge in [-0.1, -0.05) is 38.8 Å². The van der Waals surface area contributed by atoms with E-state index in [9.17, 15) is 9.59 Å². The summed E-state index contributed by atoms with van der Waals surface area (Å²) in [5.74, 6) is 1.04. The second-order valence-corrected chi connectivity index (χ2v) is 8.73. The molecular formula is C24H28O4. The molecule has 28 heavy (non-hydrogen) atoms. The van der Waals surface area contributed by atoms with Gasteiger partial charge in [0.1, 0.15) is 11.4 Å². The van der Waals surface area contributed by atoms with Crippen molar-refractivity contribution in [3.8, 4) is 0 Å². The zero-order valence-corrected chi connectivity index (χ0v) is 16.8.